The van der Waals surface area contributed by atoms with Crippen LogP contribution in [0.5, 0.6) is 0 Å². The van der Waals surface area contributed by atoms with Gasteiger partial charge >= 0.3 is 5.69 Å². The second-order valence-electron chi connectivity index (χ2n) is 4.79. The van der Waals surface area contributed by atoms with Crippen molar-refractivity contribution in [1.29, 1.82) is 0 Å². The molecular formula is C11H17N3O6. The summed E-state index contributed by atoms with van der Waals surface area (Å²) in [4.78, 5) is 26.9. The molecule has 0 bridgehead atoms. The van der Waals surface area contributed by atoms with Gasteiger partial charge in [-0.15, -0.1) is 0 Å². The lowest BCUT2D eigenvalue weighted by Gasteiger charge is -2.24. The van der Waals surface area contributed by atoms with Gasteiger partial charge in [0.25, 0.3) is 5.56 Å². The van der Waals surface area contributed by atoms with E-state index in [2.05, 4.69) is 4.98 Å². The molecule has 112 valence electrons. The van der Waals surface area contributed by atoms with E-state index >= 15 is 0 Å². The van der Waals surface area contributed by atoms with Gasteiger partial charge in [-0.3, -0.25) is 9.78 Å². The highest BCUT2D eigenvalue weighted by atomic mass is 16.6. The van der Waals surface area contributed by atoms with Crippen LogP contribution in [0.25, 0.3) is 0 Å². The number of aliphatic hydroxyl groups excluding tert-OH is 3. The Morgan fingerprint density at radius 3 is 2.50 bits per heavy atom. The lowest BCUT2D eigenvalue weighted by molar-refractivity contribution is -0.0542. The molecule has 9 nitrogen and oxygen atoms in total. The van der Waals surface area contributed by atoms with Crippen LogP contribution < -0.4 is 16.1 Å². The van der Waals surface area contributed by atoms with Crippen LogP contribution in [-0.2, 0) is 4.74 Å². The number of nitrogens with one attached hydrogen (secondary N) is 1. The van der Waals surface area contributed by atoms with E-state index in [1.54, 1.807) is 14.1 Å². The molecule has 1 aliphatic heterocycles. The fraction of sp³-hybridized carbons (Fsp3) is 0.636. The zero-order valence-corrected chi connectivity index (χ0v) is 11.1. The van der Waals surface area contributed by atoms with Gasteiger partial charge in [0.1, 0.15) is 24.1 Å². The molecule has 20 heavy (non-hydrogen) atoms. The predicted octanol–water partition coefficient (Wildman–Crippen LogP) is -2.79. The Hall–Kier alpha value is -1.68. The van der Waals surface area contributed by atoms with Crippen LogP contribution in [0.15, 0.2) is 15.7 Å². The number of ether oxygens (including phenoxy) is 1. The molecule has 1 aromatic heterocycles. The molecule has 1 saturated heterocycles. The minimum absolute atomic E-state index is 0.216. The number of nitrogens with zero attached hydrogens (tertiary/aromatic N) is 2. The number of H-pyrrole nitrogens is 1. The molecule has 0 aromatic carbocycles. The first-order valence-electron chi connectivity index (χ1n) is 6.02. The van der Waals surface area contributed by atoms with Gasteiger partial charge in [0.2, 0.25) is 0 Å². The highest BCUT2D eigenvalue weighted by molar-refractivity contribution is 5.36. The standard InChI is InChI=1S/C11H17N3O6/c1-13(2)7-3-6(16)12-11(19)14(7)10-9(18)8(17)5(4-15)20-10/h3,5,8-10,15,17-18H,4H2,1-2H3,(H,12,16,19)/t5-,8?,9?,10-/m0/s1. The normalized spacial score (nSPS) is 29.6. The van der Waals surface area contributed by atoms with Crippen molar-refractivity contribution < 1.29 is 20.1 Å². The molecule has 2 heterocycles. The summed E-state index contributed by atoms with van der Waals surface area (Å²) in [6.07, 6.45) is -4.90. The fourth-order valence-electron chi connectivity index (χ4n) is 2.18. The van der Waals surface area contributed by atoms with Crippen LogP contribution in [-0.4, -0.2) is 63.9 Å². The lowest BCUT2D eigenvalue weighted by atomic mass is 10.1. The van der Waals surface area contributed by atoms with Crippen LogP contribution in [0.3, 0.4) is 0 Å². The van der Waals surface area contributed by atoms with E-state index in [-0.39, 0.29) is 5.82 Å². The first-order chi connectivity index (χ1) is 9.36. The number of aliphatic hydroxyl groups is 3. The molecule has 4 N–H and O–H groups in total. The molecular weight excluding hydrogens is 270 g/mol. The van der Waals surface area contributed by atoms with E-state index in [9.17, 15) is 19.8 Å². The Morgan fingerprint density at radius 2 is 2.00 bits per heavy atom. The molecule has 0 amide bonds. The van der Waals surface area contributed by atoms with Crippen molar-refractivity contribution in [2.75, 3.05) is 25.6 Å². The van der Waals surface area contributed by atoms with E-state index in [4.69, 9.17) is 9.84 Å². The van der Waals surface area contributed by atoms with Crippen LogP contribution >= 0.6 is 0 Å². The van der Waals surface area contributed by atoms with Crippen molar-refractivity contribution >= 4 is 5.82 Å². The van der Waals surface area contributed by atoms with Crippen LogP contribution in [0, 0.1) is 0 Å². The van der Waals surface area contributed by atoms with Crippen molar-refractivity contribution in [2.45, 2.75) is 24.5 Å². The summed E-state index contributed by atoms with van der Waals surface area (Å²) in [5, 5.41) is 28.7. The zero-order chi connectivity index (χ0) is 15.0. The van der Waals surface area contributed by atoms with Gasteiger partial charge in [0.15, 0.2) is 6.23 Å². The first-order valence-corrected chi connectivity index (χ1v) is 6.02. The molecule has 2 rings (SSSR count). The maximum Gasteiger partial charge on any atom is 0.332 e. The van der Waals surface area contributed by atoms with Gasteiger partial charge in [0, 0.05) is 20.2 Å². The second-order valence-corrected chi connectivity index (χ2v) is 4.79. The minimum Gasteiger partial charge on any atom is -0.394 e. The Bertz CT molecular complexity index is 595. The van der Waals surface area contributed by atoms with E-state index in [1.807, 2.05) is 0 Å². The van der Waals surface area contributed by atoms with Gasteiger partial charge in [-0.05, 0) is 0 Å². The molecule has 9 heteroatoms. The van der Waals surface area contributed by atoms with Gasteiger partial charge < -0.3 is 25.0 Å². The quantitative estimate of drug-likeness (QED) is 0.473. The molecule has 1 aliphatic rings. The maximum atomic E-state index is 11.9. The van der Waals surface area contributed by atoms with Gasteiger partial charge in [-0.2, -0.15) is 0 Å². The third-order valence-electron chi connectivity index (χ3n) is 3.19. The minimum atomic E-state index is -1.39. The summed E-state index contributed by atoms with van der Waals surface area (Å²) in [6.45, 7) is -0.496. The summed E-state index contributed by atoms with van der Waals surface area (Å²) in [6, 6.07) is 1.18. The topological polar surface area (TPSA) is 128 Å². The summed E-state index contributed by atoms with van der Waals surface area (Å²) >= 11 is 0. The Morgan fingerprint density at radius 1 is 1.35 bits per heavy atom. The number of anilines is 1. The van der Waals surface area contributed by atoms with Crippen molar-refractivity contribution in [3.05, 3.63) is 26.9 Å². The first kappa shape index (κ1) is 14.7. The molecule has 1 fully saturated rings. The lowest BCUT2D eigenvalue weighted by Crippen LogP contribution is -2.40. The highest BCUT2D eigenvalue weighted by Gasteiger charge is 2.44. The monoisotopic (exact) mass is 287 g/mol. The Balaban J connectivity index is 2.53. The Kier molecular flexibility index (Phi) is 3.95. The van der Waals surface area contributed by atoms with Crippen molar-refractivity contribution in [3.8, 4) is 0 Å². The number of aromatic nitrogens is 2. The smallest absolute Gasteiger partial charge is 0.332 e. The molecule has 0 aliphatic carbocycles. The molecule has 0 radical (unpaired) electrons. The molecule has 0 saturated carbocycles. The Labute approximate surface area is 113 Å². The van der Waals surface area contributed by atoms with Gasteiger partial charge in [0.05, 0.1) is 6.61 Å². The van der Waals surface area contributed by atoms with Crippen LogP contribution in [0.1, 0.15) is 6.23 Å². The largest absolute Gasteiger partial charge is 0.394 e. The number of aromatic amines is 1. The van der Waals surface area contributed by atoms with Crippen molar-refractivity contribution in [1.82, 2.24) is 9.55 Å². The van der Waals surface area contributed by atoms with Gasteiger partial charge in [-0.1, -0.05) is 0 Å². The number of hydrogen-bond acceptors (Lipinski definition) is 7. The third kappa shape index (κ3) is 2.36. The van der Waals surface area contributed by atoms with Crippen LogP contribution in [0.4, 0.5) is 5.82 Å². The fourth-order valence-corrected chi connectivity index (χ4v) is 2.18. The predicted molar refractivity (Wildman–Crippen MR) is 68.7 cm³/mol. The van der Waals surface area contributed by atoms with Crippen molar-refractivity contribution in [3.63, 3.8) is 0 Å². The summed E-state index contributed by atoms with van der Waals surface area (Å²) in [5.41, 5.74) is -1.35. The molecule has 1 aromatic rings. The molecule has 0 spiro atoms. The van der Waals surface area contributed by atoms with Crippen LogP contribution in [0.2, 0.25) is 0 Å². The molecule has 4 atom stereocenters. The van der Waals surface area contributed by atoms with Crippen molar-refractivity contribution in [2.24, 2.45) is 0 Å². The number of hydrogen-bond donors (Lipinski definition) is 4. The van der Waals surface area contributed by atoms with Gasteiger partial charge in [-0.25, -0.2) is 9.36 Å². The SMILES string of the molecule is CN(C)c1cc(=O)[nH]c(=O)n1[C@H]1O[C@@H](CO)C(O)C1O. The van der Waals surface area contributed by atoms with E-state index in [1.165, 1.54) is 11.0 Å². The average Bonchev–Trinajstić information content (AvgIpc) is 2.65. The van der Waals surface area contributed by atoms with E-state index in [0.29, 0.717) is 0 Å². The highest BCUT2D eigenvalue weighted by Crippen LogP contribution is 2.30. The summed E-state index contributed by atoms with van der Waals surface area (Å²) in [7, 11) is 3.23. The van der Waals surface area contributed by atoms with E-state index in [0.717, 1.165) is 4.57 Å². The van der Waals surface area contributed by atoms with E-state index < -0.39 is 42.4 Å². The number of rotatable bonds is 3. The maximum absolute atomic E-state index is 11.9. The summed E-state index contributed by atoms with van der Waals surface area (Å²) < 4.78 is 6.33. The zero-order valence-electron chi connectivity index (χ0n) is 11.1. The third-order valence-corrected chi connectivity index (χ3v) is 3.19. The summed E-state index contributed by atoms with van der Waals surface area (Å²) in [5.74, 6) is 0.216. The average molecular weight is 287 g/mol. The molecule has 2 unspecified atom stereocenters. The second kappa shape index (κ2) is 5.37.